The minimum atomic E-state index is -0.563. The molecule has 0 aliphatic heterocycles. The van der Waals surface area contributed by atoms with Crippen molar-refractivity contribution in [3.8, 4) is 0 Å². The van der Waals surface area contributed by atoms with Crippen LogP contribution in [0.1, 0.15) is 37.0 Å². The largest absolute Gasteiger partial charge is 0.355 e. The number of carbonyl (C=O) groups excluding carboxylic acids is 1. The lowest BCUT2D eigenvalue weighted by atomic mass is 10.2. The molecule has 0 fully saturated rings. The first-order valence-electron chi connectivity index (χ1n) is 7.80. The number of nitrogens with one attached hydrogen (secondary N) is 1. The summed E-state index contributed by atoms with van der Waals surface area (Å²) >= 11 is 0. The van der Waals surface area contributed by atoms with Gasteiger partial charge in [0.15, 0.2) is 11.6 Å². The summed E-state index contributed by atoms with van der Waals surface area (Å²) in [6, 6.07) is 9.32. The topological polar surface area (TPSA) is 58.1 Å². The van der Waals surface area contributed by atoms with Crippen molar-refractivity contribution in [1.29, 1.82) is 0 Å². The van der Waals surface area contributed by atoms with Crippen LogP contribution in [-0.4, -0.2) is 29.2 Å². The normalized spacial score (nSPS) is 10.4. The van der Waals surface area contributed by atoms with Gasteiger partial charge in [-0.1, -0.05) is 26.0 Å². The number of rotatable bonds is 7. The molecule has 23 heavy (non-hydrogen) atoms. The Hall–Kier alpha value is -2.50. The standard InChI is InChI=1S/C17H21FN4O/c1-3-11-22(12-4-2)16-10-9-15(20-21-16)19-17(23)13-7-5-6-8-14(13)18/h5-10H,3-4,11-12H2,1-2H3,(H,19,20,23). The number of amides is 1. The third kappa shape index (κ3) is 4.48. The van der Waals surface area contributed by atoms with Crippen LogP contribution in [0, 0.1) is 5.82 Å². The van der Waals surface area contributed by atoms with E-state index >= 15 is 0 Å². The van der Waals surface area contributed by atoms with Gasteiger partial charge >= 0.3 is 0 Å². The van der Waals surface area contributed by atoms with Gasteiger partial charge in [-0.25, -0.2) is 4.39 Å². The molecule has 2 aromatic rings. The van der Waals surface area contributed by atoms with Crippen LogP contribution in [0.25, 0.3) is 0 Å². The second-order valence-corrected chi connectivity index (χ2v) is 5.20. The van der Waals surface area contributed by atoms with Gasteiger partial charge in [-0.15, -0.1) is 10.2 Å². The summed E-state index contributed by atoms with van der Waals surface area (Å²) in [7, 11) is 0. The van der Waals surface area contributed by atoms with Crippen LogP contribution in [0.3, 0.4) is 0 Å². The average molecular weight is 316 g/mol. The van der Waals surface area contributed by atoms with Crippen LogP contribution in [0.5, 0.6) is 0 Å². The molecular weight excluding hydrogens is 295 g/mol. The molecule has 0 radical (unpaired) electrons. The molecule has 0 saturated heterocycles. The summed E-state index contributed by atoms with van der Waals surface area (Å²) in [5.41, 5.74) is -0.0167. The van der Waals surface area contributed by atoms with Gasteiger partial charge in [0.25, 0.3) is 5.91 Å². The molecular formula is C17H21FN4O. The molecule has 1 heterocycles. The Labute approximate surface area is 135 Å². The highest BCUT2D eigenvalue weighted by atomic mass is 19.1. The van der Waals surface area contributed by atoms with Crippen molar-refractivity contribution in [3.63, 3.8) is 0 Å². The molecule has 2 rings (SSSR count). The second-order valence-electron chi connectivity index (χ2n) is 5.20. The van der Waals surface area contributed by atoms with Gasteiger partial charge in [0.1, 0.15) is 5.82 Å². The Morgan fingerprint density at radius 2 is 1.78 bits per heavy atom. The number of hydrogen-bond donors (Lipinski definition) is 1. The Morgan fingerprint density at radius 1 is 1.09 bits per heavy atom. The van der Waals surface area contributed by atoms with E-state index < -0.39 is 11.7 Å². The van der Waals surface area contributed by atoms with Crippen molar-refractivity contribution >= 4 is 17.5 Å². The molecule has 0 atom stereocenters. The number of carbonyl (C=O) groups is 1. The summed E-state index contributed by atoms with van der Waals surface area (Å²) in [5.74, 6) is -0.0247. The van der Waals surface area contributed by atoms with E-state index in [1.54, 1.807) is 12.1 Å². The van der Waals surface area contributed by atoms with E-state index in [0.717, 1.165) is 31.7 Å². The van der Waals surface area contributed by atoms with E-state index in [-0.39, 0.29) is 5.56 Å². The third-order valence-corrected chi connectivity index (χ3v) is 3.32. The molecule has 1 N–H and O–H groups in total. The predicted molar refractivity (Wildman–Crippen MR) is 89.2 cm³/mol. The SMILES string of the molecule is CCCN(CCC)c1ccc(NC(=O)c2ccccc2F)nn1. The molecule has 5 nitrogen and oxygen atoms in total. The van der Waals surface area contributed by atoms with Crippen molar-refractivity contribution in [2.75, 3.05) is 23.3 Å². The van der Waals surface area contributed by atoms with Gasteiger partial charge < -0.3 is 10.2 Å². The Kier molecular flexibility index (Phi) is 6.02. The van der Waals surface area contributed by atoms with Gasteiger partial charge in [-0.05, 0) is 37.1 Å². The van der Waals surface area contributed by atoms with E-state index in [2.05, 4.69) is 34.3 Å². The van der Waals surface area contributed by atoms with Crippen LogP contribution in [-0.2, 0) is 0 Å². The smallest absolute Gasteiger partial charge is 0.259 e. The van der Waals surface area contributed by atoms with Crippen molar-refractivity contribution in [3.05, 3.63) is 47.8 Å². The van der Waals surface area contributed by atoms with Crippen molar-refractivity contribution in [1.82, 2.24) is 10.2 Å². The van der Waals surface area contributed by atoms with E-state index in [0.29, 0.717) is 5.82 Å². The molecule has 0 spiro atoms. The van der Waals surface area contributed by atoms with E-state index in [9.17, 15) is 9.18 Å². The van der Waals surface area contributed by atoms with Crippen molar-refractivity contribution in [2.45, 2.75) is 26.7 Å². The van der Waals surface area contributed by atoms with Crippen molar-refractivity contribution in [2.24, 2.45) is 0 Å². The molecule has 0 aliphatic carbocycles. The Morgan fingerprint density at radius 3 is 2.35 bits per heavy atom. The lowest BCUT2D eigenvalue weighted by molar-refractivity contribution is 0.102. The highest BCUT2D eigenvalue weighted by Crippen LogP contribution is 2.14. The molecule has 1 amide bonds. The first kappa shape index (κ1) is 16.9. The monoisotopic (exact) mass is 316 g/mol. The van der Waals surface area contributed by atoms with Crippen molar-refractivity contribution < 1.29 is 9.18 Å². The lowest BCUT2D eigenvalue weighted by Crippen LogP contribution is -2.26. The second kappa shape index (κ2) is 8.22. The van der Waals surface area contributed by atoms with Crippen LogP contribution in [0.2, 0.25) is 0 Å². The molecule has 1 aromatic heterocycles. The number of aromatic nitrogens is 2. The zero-order chi connectivity index (χ0) is 16.7. The first-order chi connectivity index (χ1) is 11.2. The third-order valence-electron chi connectivity index (χ3n) is 3.32. The fraction of sp³-hybridized carbons (Fsp3) is 0.353. The minimum absolute atomic E-state index is 0.0167. The molecule has 0 bridgehead atoms. The van der Waals surface area contributed by atoms with E-state index in [1.807, 2.05) is 6.07 Å². The maximum Gasteiger partial charge on any atom is 0.259 e. The number of hydrogen-bond acceptors (Lipinski definition) is 4. The first-order valence-corrected chi connectivity index (χ1v) is 7.80. The number of anilines is 2. The van der Waals surface area contributed by atoms with Crippen LogP contribution in [0.4, 0.5) is 16.0 Å². The maximum absolute atomic E-state index is 13.6. The summed E-state index contributed by atoms with van der Waals surface area (Å²) in [5, 5.41) is 10.7. The molecule has 0 unspecified atom stereocenters. The zero-order valence-electron chi connectivity index (χ0n) is 13.4. The molecule has 6 heteroatoms. The summed E-state index contributed by atoms with van der Waals surface area (Å²) in [6.45, 7) is 6.03. The fourth-order valence-electron chi connectivity index (χ4n) is 2.27. The summed E-state index contributed by atoms with van der Waals surface area (Å²) in [6.07, 6.45) is 2.04. The molecule has 122 valence electrons. The highest BCUT2D eigenvalue weighted by Gasteiger charge is 2.12. The van der Waals surface area contributed by atoms with Gasteiger partial charge in [-0.3, -0.25) is 4.79 Å². The minimum Gasteiger partial charge on any atom is -0.355 e. The zero-order valence-corrected chi connectivity index (χ0v) is 13.4. The van der Waals surface area contributed by atoms with Gasteiger partial charge in [0, 0.05) is 13.1 Å². The fourth-order valence-corrected chi connectivity index (χ4v) is 2.27. The lowest BCUT2D eigenvalue weighted by Gasteiger charge is -2.21. The number of benzene rings is 1. The molecule has 1 aromatic carbocycles. The van der Waals surface area contributed by atoms with Crippen LogP contribution < -0.4 is 10.2 Å². The summed E-state index contributed by atoms with van der Waals surface area (Å²) < 4.78 is 13.6. The van der Waals surface area contributed by atoms with E-state index in [4.69, 9.17) is 0 Å². The highest BCUT2D eigenvalue weighted by molar-refractivity contribution is 6.03. The van der Waals surface area contributed by atoms with E-state index in [1.165, 1.54) is 18.2 Å². The van der Waals surface area contributed by atoms with Gasteiger partial charge in [0.2, 0.25) is 0 Å². The number of nitrogens with zero attached hydrogens (tertiary/aromatic N) is 3. The number of halogens is 1. The quantitative estimate of drug-likeness (QED) is 0.849. The Balaban J connectivity index is 2.07. The van der Waals surface area contributed by atoms with Gasteiger partial charge in [0.05, 0.1) is 5.56 Å². The predicted octanol–water partition coefficient (Wildman–Crippen LogP) is 3.49. The van der Waals surface area contributed by atoms with Crippen LogP contribution in [0.15, 0.2) is 36.4 Å². The summed E-state index contributed by atoms with van der Waals surface area (Å²) in [4.78, 5) is 14.2. The molecule has 0 saturated carbocycles. The Bertz CT molecular complexity index is 639. The average Bonchev–Trinajstić information content (AvgIpc) is 2.56. The maximum atomic E-state index is 13.6. The van der Waals surface area contributed by atoms with Crippen LogP contribution >= 0.6 is 0 Å². The molecule has 0 aliphatic rings. The van der Waals surface area contributed by atoms with Gasteiger partial charge in [-0.2, -0.15) is 0 Å².